The van der Waals surface area contributed by atoms with Crippen LogP contribution < -0.4 is 39.5 Å². The third-order valence-corrected chi connectivity index (χ3v) is 12.8. The van der Waals surface area contributed by atoms with Crippen LogP contribution in [-0.4, -0.2) is 47.8 Å². The molecule has 4 amide bonds. The monoisotopic (exact) mass is 856 g/mol. The number of nitrogens with one attached hydrogen (secondary N) is 4. The van der Waals surface area contributed by atoms with E-state index in [0.29, 0.717) is 48.4 Å². The van der Waals surface area contributed by atoms with Gasteiger partial charge in [0.1, 0.15) is 22.3 Å². The Bertz CT molecular complexity index is 2290. The summed E-state index contributed by atoms with van der Waals surface area (Å²) in [5.41, 5.74) is 6.59. The van der Waals surface area contributed by atoms with Gasteiger partial charge in [-0.15, -0.1) is 0 Å². The minimum atomic E-state index is -0.187. The van der Waals surface area contributed by atoms with Gasteiger partial charge in [-0.25, -0.2) is 0 Å². The van der Waals surface area contributed by atoms with Gasteiger partial charge in [-0.05, 0) is 49.9 Å². The first-order valence-corrected chi connectivity index (χ1v) is 22.6. The van der Waals surface area contributed by atoms with Crippen LogP contribution in [0.25, 0.3) is 0 Å². The molecule has 6 aromatic rings. The zero-order chi connectivity index (χ0) is 43.8. The van der Waals surface area contributed by atoms with Gasteiger partial charge in [0.25, 0.3) is 23.6 Å². The summed E-state index contributed by atoms with van der Waals surface area (Å²) in [7, 11) is 0. The van der Waals surface area contributed by atoms with Crippen molar-refractivity contribution in [2.24, 2.45) is 0 Å². The molecule has 4 aromatic heterocycles. The first-order valence-electron chi connectivity index (χ1n) is 22.6. The van der Waals surface area contributed by atoms with Crippen molar-refractivity contribution in [2.45, 2.75) is 102 Å². The normalized spacial score (nSPS) is 21.0. The van der Waals surface area contributed by atoms with Gasteiger partial charge in [0.15, 0.2) is 75.8 Å². The highest BCUT2D eigenvalue weighted by Gasteiger charge is 2.31. The molecule has 0 saturated heterocycles. The van der Waals surface area contributed by atoms with Crippen LogP contribution >= 0.6 is 0 Å². The Labute approximate surface area is 374 Å². The fraction of sp³-hybridized carbons (Fsp3) is 0.308. The number of rotatable bonds is 0. The minimum Gasteiger partial charge on any atom is -0.347 e. The molecule has 4 N–H and O–H groups in total. The van der Waals surface area contributed by atoms with Crippen LogP contribution in [0.15, 0.2) is 147 Å². The van der Waals surface area contributed by atoms with Gasteiger partial charge in [0.05, 0.1) is 0 Å². The van der Waals surface area contributed by atoms with Gasteiger partial charge in [-0.2, -0.15) is 18.3 Å². The number of pyridine rings is 4. The van der Waals surface area contributed by atoms with Gasteiger partial charge in [0.2, 0.25) is 0 Å². The molecule has 6 aliphatic rings. The Morgan fingerprint density at radius 2 is 0.547 bits per heavy atom. The van der Waals surface area contributed by atoms with Crippen LogP contribution in [0.1, 0.15) is 115 Å². The maximum Gasteiger partial charge on any atom is 0.257 e. The number of hydrogen-bond donors (Lipinski definition) is 4. The van der Waals surface area contributed by atoms with E-state index in [0.717, 1.165) is 73.6 Å². The molecule has 12 rings (SSSR count). The summed E-state index contributed by atoms with van der Waals surface area (Å²) in [4.78, 5) is 54.8. The summed E-state index contributed by atoms with van der Waals surface area (Å²) in [5, 5.41) is 13.0. The first-order chi connectivity index (χ1) is 31.3. The third-order valence-electron chi connectivity index (χ3n) is 12.8. The van der Waals surface area contributed by atoms with E-state index >= 15 is 0 Å². The SMILES string of the molecule is O=C1N[C@H]2CCCC[C@@H]2NC(=O)c2ccc[n+](c2)Cc2ccc(cc2)C[n+]2cccc(c2)C(=O)N[C@@H]2CCCC[C@H]2NC(=O)c2ccc[n+](c2)Cc2ccc(cc2)C[n+]2cccc1c2. The third kappa shape index (κ3) is 10.6. The molecule has 0 unspecified atom stereocenters. The van der Waals surface area contributed by atoms with E-state index in [2.05, 4.69) is 69.8 Å². The van der Waals surface area contributed by atoms with E-state index in [9.17, 15) is 19.2 Å². The molecule has 12 heteroatoms. The fourth-order valence-electron chi connectivity index (χ4n) is 9.32. The summed E-state index contributed by atoms with van der Waals surface area (Å²) >= 11 is 0. The lowest BCUT2D eigenvalue weighted by Crippen LogP contribution is -2.53. The van der Waals surface area contributed by atoms with Crippen molar-refractivity contribution >= 4 is 23.6 Å². The predicted octanol–water partition coefficient (Wildman–Crippen LogP) is 4.29. The van der Waals surface area contributed by atoms with E-state index in [1.807, 2.05) is 116 Å². The molecule has 2 saturated carbocycles. The molecule has 2 fully saturated rings. The highest BCUT2D eigenvalue weighted by molar-refractivity contribution is 5.96. The van der Waals surface area contributed by atoms with E-state index in [1.54, 1.807) is 0 Å². The first kappa shape index (κ1) is 42.2. The molecule has 8 heterocycles. The van der Waals surface area contributed by atoms with Gasteiger partial charge >= 0.3 is 0 Å². The molecule has 2 aliphatic carbocycles. The summed E-state index contributed by atoms with van der Waals surface area (Å²) in [5.74, 6) is -0.637. The summed E-state index contributed by atoms with van der Waals surface area (Å²) in [6.07, 6.45) is 22.4. The fourth-order valence-corrected chi connectivity index (χ4v) is 9.32. The highest BCUT2D eigenvalue weighted by Crippen LogP contribution is 2.21. The molecule has 0 radical (unpaired) electrons. The van der Waals surface area contributed by atoms with Crippen molar-refractivity contribution in [2.75, 3.05) is 0 Å². The number of nitrogens with zero attached hydrogens (tertiary/aromatic N) is 4. The molecule has 324 valence electrons. The van der Waals surface area contributed by atoms with E-state index < -0.39 is 0 Å². The quantitative estimate of drug-likeness (QED) is 0.170. The number of benzene rings is 2. The molecule has 64 heavy (non-hydrogen) atoms. The van der Waals surface area contributed by atoms with Crippen molar-refractivity contribution in [1.29, 1.82) is 0 Å². The molecular formula is C52H56N8O4+4. The maximum absolute atomic E-state index is 13.7. The van der Waals surface area contributed by atoms with Gasteiger partial charge < -0.3 is 21.3 Å². The Kier molecular flexibility index (Phi) is 12.9. The van der Waals surface area contributed by atoms with E-state index in [1.165, 1.54) is 0 Å². The molecule has 12 bridgehead atoms. The highest BCUT2D eigenvalue weighted by atomic mass is 16.2. The second-order valence-electron chi connectivity index (χ2n) is 17.6. The zero-order valence-electron chi connectivity index (χ0n) is 36.1. The summed E-state index contributed by atoms with van der Waals surface area (Å²) in [6, 6.07) is 30.8. The zero-order valence-corrected chi connectivity index (χ0v) is 36.1. The number of carbonyl (C=O) groups excluding carboxylic acids is 4. The van der Waals surface area contributed by atoms with E-state index in [-0.39, 0.29) is 47.8 Å². The van der Waals surface area contributed by atoms with Gasteiger partial charge in [0, 0.05) is 70.7 Å². The second-order valence-corrected chi connectivity index (χ2v) is 17.6. The number of hydrogen-bond acceptors (Lipinski definition) is 4. The predicted molar refractivity (Wildman–Crippen MR) is 238 cm³/mol. The second kappa shape index (κ2) is 19.5. The van der Waals surface area contributed by atoms with Crippen molar-refractivity contribution in [3.63, 3.8) is 0 Å². The molecule has 2 aromatic carbocycles. The maximum atomic E-state index is 13.7. The van der Waals surface area contributed by atoms with Crippen LogP contribution in [0.5, 0.6) is 0 Å². The Morgan fingerprint density at radius 1 is 0.328 bits per heavy atom. The molecule has 4 atom stereocenters. The van der Waals surface area contributed by atoms with Crippen LogP contribution in [-0.2, 0) is 26.2 Å². The van der Waals surface area contributed by atoms with Crippen molar-refractivity contribution in [3.8, 4) is 0 Å². The van der Waals surface area contributed by atoms with E-state index in [4.69, 9.17) is 0 Å². The van der Waals surface area contributed by atoms with Crippen molar-refractivity contribution in [3.05, 3.63) is 191 Å². The smallest absolute Gasteiger partial charge is 0.257 e. The van der Waals surface area contributed by atoms with Gasteiger partial charge in [-0.1, -0.05) is 74.2 Å². The van der Waals surface area contributed by atoms with Crippen LogP contribution in [0.2, 0.25) is 0 Å². The Morgan fingerprint density at radius 3 is 0.766 bits per heavy atom. The van der Waals surface area contributed by atoms with Gasteiger partial charge in [-0.3, -0.25) is 19.2 Å². The molecule has 12 nitrogen and oxygen atoms in total. The van der Waals surface area contributed by atoms with Crippen molar-refractivity contribution in [1.82, 2.24) is 21.3 Å². The van der Waals surface area contributed by atoms with Crippen LogP contribution in [0.3, 0.4) is 0 Å². The Hall–Kier alpha value is -7.08. The standard InChI is InChI=1S/C52H52N8O4/c61-49-41-9-5-25-57(33-41)29-37-17-19-39(20-18-37)31-59-27-7-11-43(35-59)51(63)55-47-15-3-4-16-48(47)56-52(64)44-12-8-28-60(36-44)32-40-23-21-38(22-24-40)30-58-26-6-10-42(34-58)50(62)54-46-14-2-1-13-45(46)53-49/h5-12,17-28,33-36,45-48H,1-4,13-16,29-32H2/p+4/t45-,46-,47+,48+. The largest absolute Gasteiger partial charge is 0.347 e. The lowest BCUT2D eigenvalue weighted by molar-refractivity contribution is -0.689. The number of amides is 4. The number of carbonyl (C=O) groups is 4. The van der Waals surface area contributed by atoms with Crippen molar-refractivity contribution < 1.29 is 37.4 Å². The summed E-state index contributed by atoms with van der Waals surface area (Å²) in [6.45, 7) is 2.34. The lowest BCUT2D eigenvalue weighted by atomic mass is 9.90. The topological polar surface area (TPSA) is 132 Å². The molecule has 4 aliphatic heterocycles. The minimum absolute atomic E-state index is 0.159. The Balaban J connectivity index is 0.961. The molecular weight excluding hydrogens is 801 g/mol. The van der Waals surface area contributed by atoms with Crippen LogP contribution in [0, 0.1) is 0 Å². The summed E-state index contributed by atoms with van der Waals surface area (Å²) < 4.78 is 8.03. The van der Waals surface area contributed by atoms with Crippen LogP contribution in [0.4, 0.5) is 0 Å². The molecule has 0 spiro atoms. The lowest BCUT2D eigenvalue weighted by Gasteiger charge is -2.32. The number of aromatic nitrogens is 4. The average molecular weight is 857 g/mol. The average Bonchev–Trinajstić information content (AvgIpc) is 3.31.